The van der Waals surface area contributed by atoms with Crippen molar-refractivity contribution in [3.05, 3.63) is 40.0 Å². The van der Waals surface area contributed by atoms with E-state index in [0.717, 1.165) is 24.0 Å². The first-order valence-corrected chi connectivity index (χ1v) is 13.5. The first-order chi connectivity index (χ1) is 15.6. The van der Waals surface area contributed by atoms with E-state index in [2.05, 4.69) is 23.7 Å². The molecule has 33 heavy (non-hydrogen) atoms. The summed E-state index contributed by atoms with van der Waals surface area (Å²) in [4.78, 5) is 6.85. The number of benzene rings is 1. The van der Waals surface area contributed by atoms with Gasteiger partial charge in [0.2, 0.25) is 0 Å². The second kappa shape index (κ2) is 17.8. The van der Waals surface area contributed by atoms with Gasteiger partial charge in [0.05, 0.1) is 16.6 Å². The van der Waals surface area contributed by atoms with E-state index in [1.807, 2.05) is 12.1 Å². The maximum Gasteiger partial charge on any atom is 0.0924 e. The highest BCUT2D eigenvalue weighted by molar-refractivity contribution is 6.38. The molecule has 0 saturated heterocycles. The van der Waals surface area contributed by atoms with E-state index < -0.39 is 6.10 Å². The Hall–Kier alpha value is -0.580. The minimum Gasteiger partial charge on any atom is -0.387 e. The predicted octanol–water partition coefficient (Wildman–Crippen LogP) is 9.02. The Morgan fingerprint density at radius 2 is 1.39 bits per heavy atom. The summed E-state index contributed by atoms with van der Waals surface area (Å²) in [6.45, 7) is 7.23. The molecule has 1 unspecified atom stereocenters. The summed E-state index contributed by atoms with van der Waals surface area (Å²) in [5.74, 6) is 0. The Morgan fingerprint density at radius 1 is 0.848 bits per heavy atom. The molecule has 0 aliphatic rings. The molecule has 6 heteroatoms. The number of fused-ring (bicyclic) bond motifs is 1. The average Bonchev–Trinajstić information content (AvgIpc) is 2.77. The third-order valence-corrected chi connectivity index (χ3v) is 6.75. The summed E-state index contributed by atoms with van der Waals surface area (Å²) in [7, 11) is 0. The van der Waals surface area contributed by atoms with Gasteiger partial charge in [-0.2, -0.15) is 0 Å². The Labute approximate surface area is 217 Å². The standard InChI is InChI=1S/C27H42Cl2N2O.ClH/c1-3-5-7-9-11-13-17-31(18-14-12-10-8-6-4-2)21-26(32)23-15-16-30-27-24(23)19-22(28)20-25(27)29;/h15-16,19-20,26,32H,3-14,17-18,21H2,1-2H3;1H. The first-order valence-electron chi connectivity index (χ1n) is 12.7. The molecule has 1 aromatic heterocycles. The molecule has 2 aromatic rings. The summed E-state index contributed by atoms with van der Waals surface area (Å²) in [5, 5.41) is 13.1. The molecular formula is C27H43Cl3N2O. The van der Waals surface area contributed by atoms with E-state index in [9.17, 15) is 5.11 Å². The number of hydrogen-bond acceptors (Lipinski definition) is 3. The highest BCUT2D eigenvalue weighted by Crippen LogP contribution is 2.31. The van der Waals surface area contributed by atoms with E-state index in [1.54, 1.807) is 12.3 Å². The summed E-state index contributed by atoms with van der Waals surface area (Å²) in [6, 6.07) is 5.46. The molecule has 0 aliphatic heterocycles. The molecule has 0 fully saturated rings. The monoisotopic (exact) mass is 516 g/mol. The molecule has 1 heterocycles. The van der Waals surface area contributed by atoms with Crippen LogP contribution in [0.4, 0.5) is 0 Å². The lowest BCUT2D eigenvalue weighted by Gasteiger charge is -2.26. The maximum absolute atomic E-state index is 11.2. The van der Waals surface area contributed by atoms with Crippen LogP contribution >= 0.6 is 35.6 Å². The van der Waals surface area contributed by atoms with Gasteiger partial charge in [-0.05, 0) is 49.7 Å². The maximum atomic E-state index is 11.2. The van der Waals surface area contributed by atoms with Gasteiger partial charge < -0.3 is 10.0 Å². The fraction of sp³-hybridized carbons (Fsp3) is 0.667. The Balaban J connectivity index is 0.00000544. The lowest BCUT2D eigenvalue weighted by Crippen LogP contribution is -2.31. The molecule has 0 bridgehead atoms. The number of aliphatic hydroxyl groups is 1. The number of halogens is 3. The van der Waals surface area contributed by atoms with Crippen molar-refractivity contribution in [3.8, 4) is 0 Å². The third kappa shape index (κ3) is 11.1. The number of aromatic nitrogens is 1. The number of rotatable bonds is 17. The van der Waals surface area contributed by atoms with E-state index in [1.165, 1.54) is 77.0 Å². The predicted molar refractivity (Wildman–Crippen MR) is 147 cm³/mol. The van der Waals surface area contributed by atoms with Crippen LogP contribution in [-0.2, 0) is 0 Å². The van der Waals surface area contributed by atoms with Gasteiger partial charge in [-0.3, -0.25) is 4.98 Å². The van der Waals surface area contributed by atoms with Crippen molar-refractivity contribution in [3.63, 3.8) is 0 Å². The highest BCUT2D eigenvalue weighted by Gasteiger charge is 2.17. The van der Waals surface area contributed by atoms with Crippen LogP contribution in [0.15, 0.2) is 24.4 Å². The average molecular weight is 518 g/mol. The fourth-order valence-electron chi connectivity index (χ4n) is 4.36. The molecular weight excluding hydrogens is 475 g/mol. The number of nitrogens with zero attached hydrogens (tertiary/aromatic N) is 2. The van der Waals surface area contributed by atoms with Crippen LogP contribution in [0.3, 0.4) is 0 Å². The van der Waals surface area contributed by atoms with Crippen LogP contribution < -0.4 is 0 Å². The van der Waals surface area contributed by atoms with E-state index >= 15 is 0 Å². The van der Waals surface area contributed by atoms with Gasteiger partial charge in [0.1, 0.15) is 0 Å². The molecule has 3 nitrogen and oxygen atoms in total. The molecule has 1 N–H and O–H groups in total. The van der Waals surface area contributed by atoms with Crippen LogP contribution in [0, 0.1) is 0 Å². The van der Waals surface area contributed by atoms with E-state index in [4.69, 9.17) is 23.2 Å². The quantitative estimate of drug-likeness (QED) is 0.213. The van der Waals surface area contributed by atoms with Gasteiger partial charge in [-0.15, -0.1) is 12.4 Å². The number of hydrogen-bond donors (Lipinski definition) is 1. The zero-order valence-corrected chi connectivity index (χ0v) is 22.8. The zero-order valence-electron chi connectivity index (χ0n) is 20.5. The second-order valence-electron chi connectivity index (χ2n) is 9.04. The second-order valence-corrected chi connectivity index (χ2v) is 9.88. The van der Waals surface area contributed by atoms with Gasteiger partial charge in [0.25, 0.3) is 0 Å². The summed E-state index contributed by atoms with van der Waals surface area (Å²) in [6.07, 6.45) is 16.6. The van der Waals surface area contributed by atoms with Crippen molar-refractivity contribution in [1.29, 1.82) is 0 Å². The summed E-state index contributed by atoms with van der Waals surface area (Å²) >= 11 is 12.6. The molecule has 2 rings (SSSR count). The van der Waals surface area contributed by atoms with E-state index in [0.29, 0.717) is 22.1 Å². The van der Waals surface area contributed by atoms with Crippen molar-refractivity contribution < 1.29 is 5.11 Å². The summed E-state index contributed by atoms with van der Waals surface area (Å²) in [5.41, 5.74) is 1.56. The molecule has 188 valence electrons. The van der Waals surface area contributed by atoms with Crippen molar-refractivity contribution in [2.75, 3.05) is 19.6 Å². The fourth-order valence-corrected chi connectivity index (χ4v) is 4.90. The molecule has 0 amide bonds. The van der Waals surface area contributed by atoms with Gasteiger partial charge in [-0.25, -0.2) is 0 Å². The molecule has 0 aliphatic carbocycles. The highest BCUT2D eigenvalue weighted by atomic mass is 35.5. The summed E-state index contributed by atoms with van der Waals surface area (Å²) < 4.78 is 0. The molecule has 0 saturated carbocycles. The minimum atomic E-state index is -0.588. The van der Waals surface area contributed by atoms with Crippen molar-refractivity contribution in [2.24, 2.45) is 0 Å². The zero-order chi connectivity index (χ0) is 23.2. The molecule has 0 spiro atoms. The Kier molecular flexibility index (Phi) is 16.4. The van der Waals surface area contributed by atoms with Gasteiger partial charge in [0, 0.05) is 23.2 Å². The van der Waals surface area contributed by atoms with Crippen molar-refractivity contribution in [1.82, 2.24) is 9.88 Å². The lowest BCUT2D eigenvalue weighted by molar-refractivity contribution is 0.111. The van der Waals surface area contributed by atoms with E-state index in [-0.39, 0.29) is 12.4 Å². The van der Waals surface area contributed by atoms with Crippen LogP contribution in [0.25, 0.3) is 10.9 Å². The normalized spacial score (nSPS) is 12.3. The van der Waals surface area contributed by atoms with Crippen LogP contribution in [0.1, 0.15) is 103 Å². The largest absolute Gasteiger partial charge is 0.387 e. The smallest absolute Gasteiger partial charge is 0.0924 e. The SMILES string of the molecule is CCCCCCCCN(CCCCCCCC)CC(O)c1ccnc2c(Cl)cc(Cl)cc12.Cl. The molecule has 1 aromatic carbocycles. The third-order valence-electron chi connectivity index (χ3n) is 6.24. The van der Waals surface area contributed by atoms with Crippen LogP contribution in [-0.4, -0.2) is 34.6 Å². The molecule has 0 radical (unpaired) electrons. The first kappa shape index (κ1) is 30.5. The van der Waals surface area contributed by atoms with Crippen molar-refractivity contribution >= 4 is 46.5 Å². The molecule has 1 atom stereocenters. The number of pyridine rings is 1. The van der Waals surface area contributed by atoms with Gasteiger partial charge in [-0.1, -0.05) is 101 Å². The van der Waals surface area contributed by atoms with Gasteiger partial charge in [0.15, 0.2) is 0 Å². The van der Waals surface area contributed by atoms with Gasteiger partial charge >= 0.3 is 0 Å². The topological polar surface area (TPSA) is 36.4 Å². The lowest BCUT2D eigenvalue weighted by atomic mass is 10.0. The number of aliphatic hydroxyl groups excluding tert-OH is 1. The van der Waals surface area contributed by atoms with Crippen LogP contribution in [0.2, 0.25) is 10.0 Å². The van der Waals surface area contributed by atoms with Crippen LogP contribution in [0.5, 0.6) is 0 Å². The Morgan fingerprint density at radius 3 is 1.97 bits per heavy atom. The van der Waals surface area contributed by atoms with Crippen molar-refractivity contribution in [2.45, 2.75) is 97.0 Å². The number of unbranched alkanes of at least 4 members (excludes halogenated alkanes) is 10. The Bertz CT molecular complexity index is 771. The minimum absolute atomic E-state index is 0.